The number of carbonyl (C=O) groups is 1. The van der Waals surface area contributed by atoms with Crippen molar-refractivity contribution in [1.82, 2.24) is 9.36 Å². The molecule has 0 aliphatic rings. The second-order valence-corrected chi connectivity index (χ2v) is 5.83. The molecule has 0 amide bonds. The second-order valence-electron chi connectivity index (χ2n) is 3.79. The average Bonchev–Trinajstić information content (AvgIpc) is 2.88. The van der Waals surface area contributed by atoms with E-state index in [0.29, 0.717) is 16.6 Å². The monoisotopic (exact) mass is 313 g/mol. The highest BCUT2D eigenvalue weighted by Crippen LogP contribution is 2.33. The zero-order valence-corrected chi connectivity index (χ0v) is 12.5. The molecule has 1 aromatic heterocycles. The molecule has 20 heavy (non-hydrogen) atoms. The van der Waals surface area contributed by atoms with Gasteiger partial charge in [-0.1, -0.05) is 18.7 Å². The molecule has 0 aliphatic heterocycles. The molecule has 8 heteroatoms. The molecule has 106 valence electrons. The molecular weight excluding hydrogens is 301 g/mol. The fraction of sp³-hybridized carbons (Fsp3) is 0.250. The van der Waals surface area contributed by atoms with Gasteiger partial charge in [0.05, 0.1) is 17.6 Å². The summed E-state index contributed by atoms with van der Waals surface area (Å²) in [7, 11) is 1.25. The Morgan fingerprint density at radius 1 is 1.55 bits per heavy atom. The average molecular weight is 313 g/mol. The van der Waals surface area contributed by atoms with Crippen LogP contribution in [0.5, 0.6) is 0 Å². The van der Waals surface area contributed by atoms with E-state index < -0.39 is 11.8 Å². The molecule has 5 nitrogen and oxygen atoms in total. The number of ether oxygens (including phenoxy) is 1. The van der Waals surface area contributed by atoms with Gasteiger partial charge in [0.1, 0.15) is 11.6 Å². The highest BCUT2D eigenvalue weighted by molar-refractivity contribution is 8.01. The Kier molecular flexibility index (Phi) is 4.56. The largest absolute Gasteiger partial charge is 0.465 e. The van der Waals surface area contributed by atoms with Crippen molar-refractivity contribution in [2.45, 2.75) is 22.6 Å². The summed E-state index contributed by atoms with van der Waals surface area (Å²) in [5.74, 6) is -0.397. The molecule has 1 heterocycles. The van der Waals surface area contributed by atoms with Gasteiger partial charge in [0.2, 0.25) is 0 Å². The molecule has 1 aromatic carbocycles. The van der Waals surface area contributed by atoms with Crippen LogP contribution in [0.2, 0.25) is 0 Å². The van der Waals surface area contributed by atoms with Crippen molar-refractivity contribution >= 4 is 35.0 Å². The van der Waals surface area contributed by atoms with Gasteiger partial charge < -0.3 is 10.5 Å². The zero-order chi connectivity index (χ0) is 14.7. The number of aryl methyl sites for hydroxylation is 1. The van der Waals surface area contributed by atoms with Crippen molar-refractivity contribution in [1.29, 1.82) is 0 Å². The third-order valence-electron chi connectivity index (χ3n) is 2.47. The minimum absolute atomic E-state index is 0.0465. The van der Waals surface area contributed by atoms with Crippen LogP contribution in [-0.2, 0) is 11.2 Å². The van der Waals surface area contributed by atoms with E-state index in [1.165, 1.54) is 24.7 Å². The normalized spacial score (nSPS) is 10.6. The third kappa shape index (κ3) is 3.07. The number of nitrogens with zero attached hydrogens (tertiary/aromatic N) is 2. The van der Waals surface area contributed by atoms with Crippen LogP contribution < -0.4 is 5.73 Å². The number of hydrogen-bond acceptors (Lipinski definition) is 7. The van der Waals surface area contributed by atoms with Crippen LogP contribution in [0.25, 0.3) is 0 Å². The Bertz CT molecular complexity index is 646. The number of aromatic nitrogens is 2. The molecule has 2 aromatic rings. The SMILES string of the molecule is CCc1nsc(Sc2cc(C(=O)OC)c(N)cc2F)n1. The van der Waals surface area contributed by atoms with Crippen molar-refractivity contribution in [2.75, 3.05) is 12.8 Å². The lowest BCUT2D eigenvalue weighted by Gasteiger charge is -2.07. The molecule has 0 aliphatic carbocycles. The predicted octanol–water partition coefficient (Wildman–Crippen LogP) is 2.76. The van der Waals surface area contributed by atoms with Crippen molar-refractivity contribution in [3.8, 4) is 0 Å². The van der Waals surface area contributed by atoms with E-state index in [9.17, 15) is 9.18 Å². The molecule has 0 unspecified atom stereocenters. The summed E-state index contributed by atoms with van der Waals surface area (Å²) < 4.78 is 23.2. The third-order valence-corrected chi connectivity index (χ3v) is 4.29. The van der Waals surface area contributed by atoms with Gasteiger partial charge in [-0.15, -0.1) is 0 Å². The van der Waals surface area contributed by atoms with Gasteiger partial charge in [-0.2, -0.15) is 4.37 Å². The van der Waals surface area contributed by atoms with Crippen LogP contribution in [0.3, 0.4) is 0 Å². The maximum atomic E-state index is 13.9. The summed E-state index contributed by atoms with van der Waals surface area (Å²) in [6.45, 7) is 1.94. The van der Waals surface area contributed by atoms with Crippen molar-refractivity contribution < 1.29 is 13.9 Å². The first kappa shape index (κ1) is 14.7. The smallest absolute Gasteiger partial charge is 0.339 e. The molecule has 2 N–H and O–H groups in total. The first-order chi connectivity index (χ1) is 9.55. The van der Waals surface area contributed by atoms with Crippen LogP contribution >= 0.6 is 23.3 Å². The highest BCUT2D eigenvalue weighted by Gasteiger charge is 2.16. The van der Waals surface area contributed by atoms with Gasteiger partial charge in [-0.3, -0.25) is 0 Å². The standard InChI is InChI=1S/C12H12FN3O2S2/c1-3-10-15-12(20-16-10)19-9-4-6(11(17)18-2)8(14)5-7(9)13/h4-5H,3,14H2,1-2H3. The minimum atomic E-state index is -0.601. The number of methoxy groups -OCH3 is 1. The number of nitrogen functional groups attached to an aromatic ring is 1. The second kappa shape index (κ2) is 6.19. The predicted molar refractivity (Wildman–Crippen MR) is 75.6 cm³/mol. The lowest BCUT2D eigenvalue weighted by Crippen LogP contribution is -2.06. The first-order valence-electron chi connectivity index (χ1n) is 5.73. The summed E-state index contributed by atoms with van der Waals surface area (Å²) in [4.78, 5) is 16.0. The van der Waals surface area contributed by atoms with Crippen molar-refractivity contribution in [3.63, 3.8) is 0 Å². The fourth-order valence-corrected chi connectivity index (χ4v) is 3.15. The first-order valence-corrected chi connectivity index (χ1v) is 7.32. The molecule has 0 spiro atoms. The van der Waals surface area contributed by atoms with E-state index in [1.807, 2.05) is 6.92 Å². The Labute approximate surface area is 123 Å². The molecule has 0 fully saturated rings. The summed E-state index contributed by atoms with van der Waals surface area (Å²) >= 11 is 2.30. The maximum Gasteiger partial charge on any atom is 0.339 e. The quantitative estimate of drug-likeness (QED) is 0.691. The summed E-state index contributed by atoms with van der Waals surface area (Å²) in [5, 5.41) is 0. The summed E-state index contributed by atoms with van der Waals surface area (Å²) in [5.41, 5.74) is 5.79. The molecule has 0 radical (unpaired) electrons. The number of esters is 1. The summed E-state index contributed by atoms with van der Waals surface area (Å²) in [6.07, 6.45) is 0.717. The number of carbonyl (C=O) groups excluding carboxylic acids is 1. The summed E-state index contributed by atoms with van der Waals surface area (Å²) in [6, 6.07) is 2.48. The van der Waals surface area contributed by atoms with Crippen LogP contribution in [0.1, 0.15) is 23.1 Å². The fourth-order valence-electron chi connectivity index (χ4n) is 1.45. The van der Waals surface area contributed by atoms with Crippen LogP contribution in [0, 0.1) is 5.82 Å². The van der Waals surface area contributed by atoms with Crippen molar-refractivity contribution in [2.24, 2.45) is 0 Å². The van der Waals surface area contributed by atoms with E-state index in [4.69, 9.17) is 5.73 Å². The molecule has 0 saturated carbocycles. The number of nitrogens with two attached hydrogens (primary N) is 1. The number of halogens is 1. The van der Waals surface area contributed by atoms with Gasteiger partial charge in [-0.05, 0) is 23.7 Å². The Morgan fingerprint density at radius 2 is 2.30 bits per heavy atom. The lowest BCUT2D eigenvalue weighted by atomic mass is 10.2. The topological polar surface area (TPSA) is 78.1 Å². The molecule has 0 atom stereocenters. The number of rotatable bonds is 4. The van der Waals surface area contributed by atoms with Gasteiger partial charge >= 0.3 is 5.97 Å². The lowest BCUT2D eigenvalue weighted by molar-refractivity contribution is 0.0601. The van der Waals surface area contributed by atoms with Crippen LogP contribution in [0.4, 0.5) is 10.1 Å². The molecule has 0 saturated heterocycles. The van der Waals surface area contributed by atoms with Crippen molar-refractivity contribution in [3.05, 3.63) is 29.3 Å². The molecule has 2 rings (SSSR count). The number of benzene rings is 1. The number of hydrogen-bond donors (Lipinski definition) is 1. The Balaban J connectivity index is 2.33. The van der Waals surface area contributed by atoms with Gasteiger partial charge in [0.15, 0.2) is 4.34 Å². The Hall–Kier alpha value is -1.67. The highest BCUT2D eigenvalue weighted by atomic mass is 32.2. The van der Waals surface area contributed by atoms with E-state index in [2.05, 4.69) is 14.1 Å². The minimum Gasteiger partial charge on any atom is -0.465 e. The van der Waals surface area contributed by atoms with E-state index >= 15 is 0 Å². The van der Waals surface area contributed by atoms with E-state index in [-0.39, 0.29) is 16.1 Å². The van der Waals surface area contributed by atoms with Gasteiger partial charge in [0, 0.05) is 12.1 Å². The maximum absolute atomic E-state index is 13.9. The van der Waals surface area contributed by atoms with Crippen LogP contribution in [0.15, 0.2) is 21.4 Å². The van der Waals surface area contributed by atoms with Crippen LogP contribution in [-0.4, -0.2) is 22.4 Å². The van der Waals surface area contributed by atoms with E-state index in [0.717, 1.165) is 17.8 Å². The number of anilines is 1. The molecule has 0 bridgehead atoms. The Morgan fingerprint density at radius 3 is 2.90 bits per heavy atom. The molecular formula is C12H12FN3O2S2. The van der Waals surface area contributed by atoms with E-state index in [1.54, 1.807) is 0 Å². The van der Waals surface area contributed by atoms with Gasteiger partial charge in [-0.25, -0.2) is 14.2 Å². The van der Waals surface area contributed by atoms with Gasteiger partial charge in [0.25, 0.3) is 0 Å². The zero-order valence-electron chi connectivity index (χ0n) is 10.8.